The van der Waals surface area contributed by atoms with E-state index in [0.717, 1.165) is 11.0 Å². The summed E-state index contributed by atoms with van der Waals surface area (Å²) in [7, 11) is 0.961. The van der Waals surface area contributed by atoms with E-state index in [1.807, 2.05) is 38.1 Å². The van der Waals surface area contributed by atoms with Gasteiger partial charge in [0.25, 0.3) is 0 Å². The predicted molar refractivity (Wildman–Crippen MR) is 77.6 cm³/mol. The summed E-state index contributed by atoms with van der Waals surface area (Å²) in [5.41, 5.74) is 1.50. The van der Waals surface area contributed by atoms with Gasteiger partial charge in [-0.3, -0.25) is 4.79 Å². The summed E-state index contributed by atoms with van der Waals surface area (Å²) in [6.45, 7) is 7.72. The van der Waals surface area contributed by atoms with Crippen molar-refractivity contribution in [3.63, 3.8) is 0 Å². The Morgan fingerprint density at radius 3 is 2.80 bits per heavy atom. The van der Waals surface area contributed by atoms with Gasteiger partial charge < -0.3 is 14.0 Å². The number of benzene rings is 1. The Hall–Kier alpha value is -1.75. The van der Waals surface area contributed by atoms with Gasteiger partial charge >= 0.3 is 13.1 Å². The van der Waals surface area contributed by atoms with Crippen molar-refractivity contribution in [2.24, 2.45) is 0 Å². The highest BCUT2D eigenvalue weighted by molar-refractivity contribution is 6.62. The van der Waals surface area contributed by atoms with Crippen molar-refractivity contribution in [1.29, 1.82) is 0 Å². The van der Waals surface area contributed by atoms with Crippen molar-refractivity contribution in [3.05, 3.63) is 42.2 Å². The topological polar surface area (TPSA) is 44.8 Å². The third kappa shape index (κ3) is 3.22. The normalized spacial score (nSPS) is 16.9. The quantitative estimate of drug-likeness (QED) is 0.620. The number of carbonyl (C=O) groups is 1. The van der Waals surface area contributed by atoms with Crippen LogP contribution in [0.1, 0.15) is 25.8 Å². The molecule has 1 saturated heterocycles. The molecule has 1 aromatic rings. The van der Waals surface area contributed by atoms with Crippen LogP contribution in [0.5, 0.6) is 0 Å². The lowest BCUT2D eigenvalue weighted by atomic mass is 9.78. The molecular weight excluding hydrogens is 255 g/mol. The molecule has 1 fully saturated rings. The molecular formula is C15H19BO4. The summed E-state index contributed by atoms with van der Waals surface area (Å²) in [4.78, 5) is 11.2. The molecule has 0 bridgehead atoms. The number of aryl methyl sites for hydroxylation is 1. The standard InChI is InChI=1S/C15H19BO4/c1-11-15(2,3)20-16(19-11)13-7-5-6-12(10-13)8-9-14(17)18-4/h5-7,10H,1,8-9H2,2-4H3. The molecule has 0 aliphatic carbocycles. The second-order valence-corrected chi connectivity index (χ2v) is 5.32. The van der Waals surface area contributed by atoms with Crippen molar-refractivity contribution in [2.75, 3.05) is 7.11 Å². The van der Waals surface area contributed by atoms with E-state index in [-0.39, 0.29) is 5.97 Å². The minimum absolute atomic E-state index is 0.210. The van der Waals surface area contributed by atoms with Gasteiger partial charge in [0, 0.05) is 6.42 Å². The number of hydrogen-bond acceptors (Lipinski definition) is 4. The summed E-state index contributed by atoms with van der Waals surface area (Å²) in [6, 6.07) is 7.84. The zero-order chi connectivity index (χ0) is 14.8. The van der Waals surface area contributed by atoms with Gasteiger partial charge in [0.2, 0.25) is 0 Å². The first-order chi connectivity index (χ1) is 9.42. The smallest absolute Gasteiger partial charge is 0.534 e. The van der Waals surface area contributed by atoms with Crippen LogP contribution in [-0.2, 0) is 25.3 Å². The Kier molecular flexibility index (Phi) is 4.19. The maximum atomic E-state index is 11.2. The fourth-order valence-electron chi connectivity index (χ4n) is 2.01. The molecule has 5 heteroatoms. The zero-order valence-corrected chi connectivity index (χ0v) is 12.1. The van der Waals surface area contributed by atoms with Crippen molar-refractivity contribution < 1.29 is 18.8 Å². The van der Waals surface area contributed by atoms with Crippen LogP contribution in [0.15, 0.2) is 36.6 Å². The van der Waals surface area contributed by atoms with E-state index in [4.69, 9.17) is 9.31 Å². The van der Waals surface area contributed by atoms with E-state index in [1.165, 1.54) is 7.11 Å². The Morgan fingerprint density at radius 2 is 2.20 bits per heavy atom. The molecule has 1 aliphatic rings. The van der Waals surface area contributed by atoms with Gasteiger partial charge in [0.15, 0.2) is 0 Å². The first kappa shape index (κ1) is 14.7. The van der Waals surface area contributed by atoms with E-state index >= 15 is 0 Å². The monoisotopic (exact) mass is 274 g/mol. The van der Waals surface area contributed by atoms with Gasteiger partial charge in [-0.1, -0.05) is 30.8 Å². The minimum Gasteiger partial charge on any atom is -0.534 e. The second-order valence-electron chi connectivity index (χ2n) is 5.32. The van der Waals surface area contributed by atoms with Gasteiger partial charge in [0.05, 0.1) is 12.9 Å². The molecule has 1 aliphatic heterocycles. The number of rotatable bonds is 4. The Bertz CT molecular complexity index is 524. The fraction of sp³-hybridized carbons (Fsp3) is 0.400. The summed E-state index contributed by atoms with van der Waals surface area (Å²) < 4.78 is 16.1. The average molecular weight is 274 g/mol. The van der Waals surface area contributed by atoms with E-state index in [9.17, 15) is 4.79 Å². The molecule has 0 atom stereocenters. The van der Waals surface area contributed by atoms with Crippen molar-refractivity contribution in [1.82, 2.24) is 0 Å². The lowest BCUT2D eigenvalue weighted by molar-refractivity contribution is -0.140. The van der Waals surface area contributed by atoms with Gasteiger partial charge in [-0.2, -0.15) is 0 Å². The third-order valence-electron chi connectivity index (χ3n) is 3.39. The molecule has 106 valence electrons. The van der Waals surface area contributed by atoms with E-state index in [1.54, 1.807) is 0 Å². The van der Waals surface area contributed by atoms with Crippen LogP contribution in [0.3, 0.4) is 0 Å². The van der Waals surface area contributed by atoms with Crippen LogP contribution in [0.25, 0.3) is 0 Å². The van der Waals surface area contributed by atoms with Crippen LogP contribution in [0.4, 0.5) is 0 Å². The highest BCUT2D eigenvalue weighted by Crippen LogP contribution is 2.29. The number of carbonyl (C=O) groups excluding carboxylic acids is 1. The molecule has 0 unspecified atom stereocenters. The maximum Gasteiger partial charge on any atom is 0.563 e. The van der Waals surface area contributed by atoms with E-state index < -0.39 is 12.7 Å². The Morgan fingerprint density at radius 1 is 1.45 bits per heavy atom. The summed E-state index contributed by atoms with van der Waals surface area (Å²) in [5.74, 6) is 0.417. The molecule has 0 N–H and O–H groups in total. The van der Waals surface area contributed by atoms with Gasteiger partial charge in [-0.15, -0.1) is 0 Å². The van der Waals surface area contributed by atoms with Crippen LogP contribution in [-0.4, -0.2) is 25.8 Å². The minimum atomic E-state index is -0.479. The summed E-state index contributed by atoms with van der Waals surface area (Å²) in [6.07, 6.45) is 1.00. The van der Waals surface area contributed by atoms with E-state index in [0.29, 0.717) is 18.6 Å². The molecule has 1 heterocycles. The SMILES string of the molecule is C=C1OB(c2cccc(CCC(=O)OC)c2)OC1(C)C. The lowest BCUT2D eigenvalue weighted by Crippen LogP contribution is -2.34. The van der Waals surface area contributed by atoms with Gasteiger partial charge in [0.1, 0.15) is 5.60 Å². The fourth-order valence-corrected chi connectivity index (χ4v) is 2.01. The third-order valence-corrected chi connectivity index (χ3v) is 3.39. The van der Waals surface area contributed by atoms with Gasteiger partial charge in [-0.05, 0) is 31.3 Å². The van der Waals surface area contributed by atoms with Crippen LogP contribution >= 0.6 is 0 Å². The highest BCUT2D eigenvalue weighted by Gasteiger charge is 2.42. The number of ether oxygens (including phenoxy) is 1. The molecule has 0 spiro atoms. The molecule has 0 radical (unpaired) electrons. The molecule has 0 amide bonds. The van der Waals surface area contributed by atoms with Crippen molar-refractivity contribution >= 4 is 18.6 Å². The number of hydrogen-bond donors (Lipinski definition) is 0. The zero-order valence-electron chi connectivity index (χ0n) is 12.1. The lowest BCUT2D eigenvalue weighted by Gasteiger charge is -2.15. The molecule has 20 heavy (non-hydrogen) atoms. The van der Waals surface area contributed by atoms with Crippen LogP contribution in [0, 0.1) is 0 Å². The Labute approximate surface area is 119 Å². The molecule has 0 aromatic heterocycles. The molecule has 0 saturated carbocycles. The first-order valence-electron chi connectivity index (χ1n) is 6.62. The second kappa shape index (κ2) is 5.71. The summed E-state index contributed by atoms with van der Waals surface area (Å²) >= 11 is 0. The van der Waals surface area contributed by atoms with Crippen molar-refractivity contribution in [3.8, 4) is 0 Å². The van der Waals surface area contributed by atoms with Gasteiger partial charge in [-0.25, -0.2) is 0 Å². The summed E-state index contributed by atoms with van der Waals surface area (Å²) in [5, 5.41) is 0. The number of methoxy groups -OCH3 is 1. The molecule has 1 aromatic carbocycles. The van der Waals surface area contributed by atoms with Crippen LogP contribution < -0.4 is 5.46 Å². The van der Waals surface area contributed by atoms with Crippen LogP contribution in [0.2, 0.25) is 0 Å². The largest absolute Gasteiger partial charge is 0.563 e. The Balaban J connectivity index is 2.07. The molecule has 2 rings (SSSR count). The van der Waals surface area contributed by atoms with E-state index in [2.05, 4.69) is 11.3 Å². The molecule has 4 nitrogen and oxygen atoms in total. The number of esters is 1. The van der Waals surface area contributed by atoms with Crippen molar-refractivity contribution in [2.45, 2.75) is 32.3 Å². The predicted octanol–water partition coefficient (Wildman–Crippen LogP) is 1.83. The highest BCUT2D eigenvalue weighted by atomic mass is 16.7. The first-order valence-corrected chi connectivity index (χ1v) is 6.62. The maximum absolute atomic E-state index is 11.2. The average Bonchev–Trinajstić information content (AvgIpc) is 2.70.